The molecule has 3 aromatic rings. The first-order valence-corrected chi connectivity index (χ1v) is 9.81. The van der Waals surface area contributed by atoms with Crippen LogP contribution in [0.25, 0.3) is 5.76 Å². The molecule has 1 aromatic heterocycles. The summed E-state index contributed by atoms with van der Waals surface area (Å²) < 4.78 is 5.18. The van der Waals surface area contributed by atoms with Gasteiger partial charge in [-0.05, 0) is 24.6 Å². The highest BCUT2D eigenvalue weighted by Gasteiger charge is 2.48. The number of phenols is 1. The Morgan fingerprint density at radius 3 is 2.53 bits per heavy atom. The Hall–Kier alpha value is -3.72. The number of rotatable bonds is 4. The highest BCUT2D eigenvalue weighted by Crippen LogP contribution is 2.44. The summed E-state index contributed by atoms with van der Waals surface area (Å²) in [5.74, 6) is -1.87. The first kappa shape index (κ1) is 19.6. The Morgan fingerprint density at radius 1 is 1.17 bits per heavy atom. The maximum atomic E-state index is 13.0. The van der Waals surface area contributed by atoms with Crippen molar-refractivity contribution >= 4 is 33.9 Å². The number of nitrogens with zero attached hydrogens (tertiary/aromatic N) is 3. The van der Waals surface area contributed by atoms with E-state index in [9.17, 15) is 19.8 Å². The van der Waals surface area contributed by atoms with E-state index in [2.05, 4.69) is 10.2 Å². The molecule has 1 atom stereocenters. The normalized spacial score (nSPS) is 18.1. The fourth-order valence-electron chi connectivity index (χ4n) is 3.35. The first-order valence-electron chi connectivity index (χ1n) is 8.93. The summed E-state index contributed by atoms with van der Waals surface area (Å²) in [6.07, 6.45) is 0. The number of hydrogen-bond donors (Lipinski definition) is 2. The number of amides is 1. The molecule has 1 saturated heterocycles. The number of carbonyl (C=O) groups excluding carboxylic acids is 2. The van der Waals surface area contributed by atoms with Gasteiger partial charge >= 0.3 is 5.91 Å². The van der Waals surface area contributed by atoms with Gasteiger partial charge in [0.2, 0.25) is 5.13 Å². The minimum Gasteiger partial charge on any atom is -0.507 e. The van der Waals surface area contributed by atoms with Crippen LogP contribution in [0, 0.1) is 6.92 Å². The number of ether oxygens (including phenoxy) is 1. The number of Topliss-reactive ketones (excluding diaryl/α,β-unsaturated/α-hetero) is 1. The second kappa shape index (κ2) is 7.60. The smallest absolute Gasteiger partial charge is 0.301 e. The molecule has 0 saturated carbocycles. The number of aliphatic hydroxyl groups excluding tert-OH is 1. The van der Waals surface area contributed by atoms with E-state index in [-0.39, 0.29) is 28.0 Å². The second-order valence-electron chi connectivity index (χ2n) is 6.69. The van der Waals surface area contributed by atoms with Crippen molar-refractivity contribution in [3.8, 4) is 11.5 Å². The fraction of sp³-hybridized carbons (Fsp3) is 0.143. The predicted molar refractivity (Wildman–Crippen MR) is 111 cm³/mol. The van der Waals surface area contributed by atoms with Crippen LogP contribution in [0.1, 0.15) is 22.7 Å². The summed E-state index contributed by atoms with van der Waals surface area (Å²) in [6, 6.07) is 10.5. The van der Waals surface area contributed by atoms with E-state index in [4.69, 9.17) is 4.74 Å². The minimum absolute atomic E-state index is 0.0770. The molecule has 30 heavy (non-hydrogen) atoms. The van der Waals surface area contributed by atoms with Crippen molar-refractivity contribution < 1.29 is 24.5 Å². The van der Waals surface area contributed by atoms with Crippen LogP contribution < -0.4 is 9.64 Å². The van der Waals surface area contributed by atoms with Gasteiger partial charge in [0.05, 0.1) is 18.7 Å². The summed E-state index contributed by atoms with van der Waals surface area (Å²) in [6.45, 7) is 1.90. The number of hydrogen-bond acceptors (Lipinski definition) is 8. The third-order valence-electron chi connectivity index (χ3n) is 4.84. The summed E-state index contributed by atoms with van der Waals surface area (Å²) >= 11 is 1.09. The van der Waals surface area contributed by atoms with E-state index in [0.29, 0.717) is 11.1 Å². The van der Waals surface area contributed by atoms with Gasteiger partial charge in [0, 0.05) is 5.56 Å². The zero-order valence-corrected chi connectivity index (χ0v) is 16.9. The molecule has 2 N–H and O–H groups in total. The number of phenolic OH excluding ortho intramolecular Hbond substituents is 1. The number of anilines is 1. The van der Waals surface area contributed by atoms with Crippen LogP contribution in [0.4, 0.5) is 5.13 Å². The molecule has 152 valence electrons. The lowest BCUT2D eigenvalue weighted by Crippen LogP contribution is -2.29. The highest BCUT2D eigenvalue weighted by atomic mass is 32.1. The quantitative estimate of drug-likeness (QED) is 0.376. The van der Waals surface area contributed by atoms with Crippen LogP contribution in [0.15, 0.2) is 53.5 Å². The number of methoxy groups -OCH3 is 1. The molecule has 0 aliphatic carbocycles. The Labute approximate surface area is 175 Å². The zero-order chi connectivity index (χ0) is 21.4. The SMILES string of the molecule is COc1cc([C@H]2C(=C(O)c3ccc(C)cc3)C(=O)C(=O)N2c2nncs2)ccc1O. The van der Waals surface area contributed by atoms with E-state index in [0.717, 1.165) is 16.9 Å². The van der Waals surface area contributed by atoms with Gasteiger partial charge in [0.25, 0.3) is 5.78 Å². The molecule has 1 aliphatic heterocycles. The van der Waals surface area contributed by atoms with Gasteiger partial charge in [-0.15, -0.1) is 10.2 Å². The van der Waals surface area contributed by atoms with Crippen LogP contribution in [0.2, 0.25) is 0 Å². The Morgan fingerprint density at radius 2 is 1.90 bits per heavy atom. The summed E-state index contributed by atoms with van der Waals surface area (Å²) in [4.78, 5) is 27.1. The van der Waals surface area contributed by atoms with Crippen LogP contribution in [0.3, 0.4) is 0 Å². The molecular weight excluding hydrogens is 406 g/mol. The van der Waals surface area contributed by atoms with Crippen molar-refractivity contribution in [3.05, 3.63) is 70.2 Å². The van der Waals surface area contributed by atoms with Crippen molar-refractivity contribution in [2.75, 3.05) is 12.0 Å². The average Bonchev–Trinajstić information content (AvgIpc) is 3.35. The topological polar surface area (TPSA) is 113 Å². The van der Waals surface area contributed by atoms with Crippen LogP contribution in [0.5, 0.6) is 11.5 Å². The van der Waals surface area contributed by atoms with Crippen LogP contribution >= 0.6 is 11.3 Å². The number of aromatic nitrogens is 2. The van der Waals surface area contributed by atoms with E-state index in [1.807, 2.05) is 6.92 Å². The molecule has 2 heterocycles. The van der Waals surface area contributed by atoms with Crippen molar-refractivity contribution in [2.45, 2.75) is 13.0 Å². The maximum Gasteiger partial charge on any atom is 0.301 e. The number of aromatic hydroxyl groups is 1. The number of aliphatic hydroxyl groups is 1. The number of carbonyl (C=O) groups is 2. The predicted octanol–water partition coefficient (Wildman–Crippen LogP) is 3.19. The van der Waals surface area contributed by atoms with Crippen molar-refractivity contribution in [2.24, 2.45) is 0 Å². The molecule has 2 aromatic carbocycles. The second-order valence-corrected chi connectivity index (χ2v) is 7.50. The van der Waals surface area contributed by atoms with E-state index >= 15 is 0 Å². The van der Waals surface area contributed by atoms with Gasteiger partial charge in [-0.2, -0.15) is 0 Å². The van der Waals surface area contributed by atoms with E-state index in [1.165, 1.54) is 29.7 Å². The summed E-state index contributed by atoms with van der Waals surface area (Å²) in [5, 5.41) is 28.9. The molecule has 1 aliphatic rings. The van der Waals surface area contributed by atoms with Gasteiger partial charge in [0.1, 0.15) is 11.3 Å². The monoisotopic (exact) mass is 423 g/mol. The largest absolute Gasteiger partial charge is 0.507 e. The van der Waals surface area contributed by atoms with Gasteiger partial charge in [-0.1, -0.05) is 47.2 Å². The molecule has 4 rings (SSSR count). The molecule has 0 spiro atoms. The third-order valence-corrected chi connectivity index (χ3v) is 5.53. The maximum absolute atomic E-state index is 13.0. The van der Waals surface area contributed by atoms with E-state index < -0.39 is 17.7 Å². The Bertz CT molecular complexity index is 1160. The summed E-state index contributed by atoms with van der Waals surface area (Å²) in [5.41, 5.74) is 3.23. The Kier molecular flexibility index (Phi) is 4.96. The average molecular weight is 423 g/mol. The van der Waals surface area contributed by atoms with Crippen molar-refractivity contribution in [1.29, 1.82) is 0 Å². The number of aryl methyl sites for hydroxylation is 1. The molecule has 8 nitrogen and oxygen atoms in total. The first-order chi connectivity index (χ1) is 14.4. The van der Waals surface area contributed by atoms with Gasteiger partial charge in [0.15, 0.2) is 11.5 Å². The summed E-state index contributed by atoms with van der Waals surface area (Å²) in [7, 11) is 1.40. The standard InChI is InChI=1S/C21H17N3O5S/c1-11-3-5-12(6-4-11)18(26)16-17(13-7-8-14(25)15(9-13)29-2)24(20(28)19(16)27)21-23-22-10-30-21/h3-10,17,25-26H,1-2H3/t17-/m0/s1. The fourth-order valence-corrected chi connectivity index (χ4v) is 3.93. The Balaban J connectivity index is 1.95. The van der Waals surface area contributed by atoms with Crippen molar-refractivity contribution in [1.82, 2.24) is 10.2 Å². The number of ketones is 1. The molecule has 0 unspecified atom stereocenters. The molecule has 1 amide bonds. The lowest BCUT2D eigenvalue weighted by atomic mass is 9.95. The molecular formula is C21H17N3O5S. The van der Waals surface area contributed by atoms with Gasteiger partial charge < -0.3 is 14.9 Å². The highest BCUT2D eigenvalue weighted by molar-refractivity contribution is 7.13. The van der Waals surface area contributed by atoms with E-state index in [1.54, 1.807) is 30.3 Å². The van der Waals surface area contributed by atoms with Gasteiger partial charge in [-0.25, -0.2) is 0 Å². The molecule has 0 bridgehead atoms. The molecule has 9 heteroatoms. The third kappa shape index (κ3) is 3.18. The van der Waals surface area contributed by atoms with Gasteiger partial charge in [-0.3, -0.25) is 14.5 Å². The van der Waals surface area contributed by atoms with Crippen LogP contribution in [-0.4, -0.2) is 39.2 Å². The van der Waals surface area contributed by atoms with Crippen molar-refractivity contribution in [3.63, 3.8) is 0 Å². The number of benzene rings is 2. The lowest BCUT2D eigenvalue weighted by Gasteiger charge is -2.23. The minimum atomic E-state index is -0.964. The molecule has 0 radical (unpaired) electrons. The zero-order valence-electron chi connectivity index (χ0n) is 16.1. The molecule has 1 fully saturated rings. The lowest BCUT2D eigenvalue weighted by molar-refractivity contribution is -0.132. The van der Waals surface area contributed by atoms with Crippen LogP contribution in [-0.2, 0) is 9.59 Å².